The Morgan fingerprint density at radius 3 is 2.52 bits per heavy atom. The van der Waals surface area contributed by atoms with Gasteiger partial charge >= 0.3 is 0 Å². The van der Waals surface area contributed by atoms with E-state index in [1.165, 1.54) is 12.1 Å². The largest absolute Gasteiger partial charge is 0.492 e. The zero-order chi connectivity index (χ0) is 14.9. The molecule has 2 N–H and O–H groups in total. The minimum atomic E-state index is -0.237. The Kier molecular flexibility index (Phi) is 6.92. The van der Waals surface area contributed by atoms with Crippen LogP contribution < -0.4 is 10.5 Å². The average molecular weight is 296 g/mol. The van der Waals surface area contributed by atoms with Gasteiger partial charge in [0.2, 0.25) is 0 Å². The van der Waals surface area contributed by atoms with Crippen molar-refractivity contribution in [3.63, 3.8) is 0 Å². The maximum absolute atomic E-state index is 12.8. The molecule has 0 saturated carbocycles. The molecule has 0 spiro atoms. The molecule has 0 bridgehead atoms. The molecule has 0 aliphatic carbocycles. The van der Waals surface area contributed by atoms with Crippen LogP contribution in [0.5, 0.6) is 5.75 Å². The molecular formula is C16H25FN2O2. The van der Waals surface area contributed by atoms with Crippen molar-refractivity contribution >= 4 is 0 Å². The minimum Gasteiger partial charge on any atom is -0.492 e. The van der Waals surface area contributed by atoms with Crippen LogP contribution in [-0.4, -0.2) is 50.4 Å². The summed E-state index contributed by atoms with van der Waals surface area (Å²) >= 11 is 0. The number of nitrogens with zero attached hydrogens (tertiary/aromatic N) is 1. The number of piperidine rings is 1. The lowest BCUT2D eigenvalue weighted by atomic mass is 10.1. The number of halogens is 1. The molecule has 1 aliphatic rings. The van der Waals surface area contributed by atoms with E-state index in [-0.39, 0.29) is 5.82 Å². The third-order valence-corrected chi connectivity index (χ3v) is 3.73. The summed E-state index contributed by atoms with van der Waals surface area (Å²) in [4.78, 5) is 2.38. The Hall–Kier alpha value is -1.17. The molecule has 118 valence electrons. The van der Waals surface area contributed by atoms with E-state index in [0.717, 1.165) is 51.3 Å². The summed E-state index contributed by atoms with van der Waals surface area (Å²) in [7, 11) is 0. The predicted molar refractivity (Wildman–Crippen MR) is 81.0 cm³/mol. The zero-order valence-electron chi connectivity index (χ0n) is 12.5. The fraction of sp³-hybridized carbons (Fsp3) is 0.625. The summed E-state index contributed by atoms with van der Waals surface area (Å²) in [6, 6.07) is 6.15. The van der Waals surface area contributed by atoms with Gasteiger partial charge in [-0.25, -0.2) is 4.39 Å². The molecule has 4 nitrogen and oxygen atoms in total. The van der Waals surface area contributed by atoms with Crippen LogP contribution in [0.25, 0.3) is 0 Å². The second-order valence-electron chi connectivity index (χ2n) is 5.36. The number of rotatable bonds is 8. The normalized spacial score (nSPS) is 17.0. The summed E-state index contributed by atoms with van der Waals surface area (Å²) in [6.45, 7) is 5.08. The highest BCUT2D eigenvalue weighted by atomic mass is 19.1. The maximum Gasteiger partial charge on any atom is 0.123 e. The molecule has 1 fully saturated rings. The number of likely N-dealkylation sites (tertiary alicyclic amines) is 1. The van der Waals surface area contributed by atoms with E-state index >= 15 is 0 Å². The average Bonchev–Trinajstić information content (AvgIpc) is 2.51. The number of hydrogen-bond acceptors (Lipinski definition) is 4. The molecule has 1 saturated heterocycles. The van der Waals surface area contributed by atoms with Crippen LogP contribution in [0.15, 0.2) is 24.3 Å². The van der Waals surface area contributed by atoms with Crippen molar-refractivity contribution in [1.82, 2.24) is 4.90 Å². The first kappa shape index (κ1) is 16.2. The second kappa shape index (κ2) is 8.97. The van der Waals surface area contributed by atoms with Crippen molar-refractivity contribution in [1.29, 1.82) is 0 Å². The van der Waals surface area contributed by atoms with Gasteiger partial charge in [0.05, 0.1) is 6.10 Å². The molecule has 1 heterocycles. The molecule has 1 aliphatic heterocycles. The van der Waals surface area contributed by atoms with Crippen LogP contribution >= 0.6 is 0 Å². The Balaban J connectivity index is 1.57. The minimum absolute atomic E-state index is 0.237. The molecular weight excluding hydrogens is 271 g/mol. The van der Waals surface area contributed by atoms with Gasteiger partial charge in [0.15, 0.2) is 0 Å². The van der Waals surface area contributed by atoms with Crippen molar-refractivity contribution in [2.75, 3.05) is 39.4 Å². The lowest BCUT2D eigenvalue weighted by Crippen LogP contribution is -2.39. The first-order valence-corrected chi connectivity index (χ1v) is 7.70. The summed E-state index contributed by atoms with van der Waals surface area (Å²) in [5, 5.41) is 0. The lowest BCUT2D eigenvalue weighted by Gasteiger charge is -2.31. The third-order valence-electron chi connectivity index (χ3n) is 3.73. The molecule has 0 radical (unpaired) electrons. The van der Waals surface area contributed by atoms with E-state index in [1.54, 1.807) is 12.1 Å². The van der Waals surface area contributed by atoms with Crippen molar-refractivity contribution in [3.05, 3.63) is 30.1 Å². The fourth-order valence-electron chi connectivity index (χ4n) is 2.46. The van der Waals surface area contributed by atoms with Crippen LogP contribution in [0, 0.1) is 5.82 Å². The van der Waals surface area contributed by atoms with Crippen LogP contribution in [0.3, 0.4) is 0 Å². The predicted octanol–water partition coefficient (Wildman–Crippen LogP) is 2.03. The van der Waals surface area contributed by atoms with Gasteiger partial charge in [0.1, 0.15) is 18.2 Å². The van der Waals surface area contributed by atoms with Gasteiger partial charge in [-0.2, -0.15) is 0 Å². The molecule has 0 aromatic heterocycles. The highest BCUT2D eigenvalue weighted by Gasteiger charge is 2.19. The van der Waals surface area contributed by atoms with Crippen LogP contribution in [0.1, 0.15) is 19.3 Å². The number of nitrogens with two attached hydrogens (primary N) is 1. The summed E-state index contributed by atoms with van der Waals surface area (Å²) in [5.74, 6) is 0.482. The van der Waals surface area contributed by atoms with Crippen molar-refractivity contribution in [2.24, 2.45) is 5.73 Å². The summed E-state index contributed by atoms with van der Waals surface area (Å²) < 4.78 is 24.2. The monoisotopic (exact) mass is 296 g/mol. The van der Waals surface area contributed by atoms with E-state index in [4.69, 9.17) is 15.2 Å². The number of ether oxygens (including phenoxy) is 2. The molecule has 21 heavy (non-hydrogen) atoms. The molecule has 1 aromatic carbocycles. The Morgan fingerprint density at radius 1 is 1.14 bits per heavy atom. The van der Waals surface area contributed by atoms with Gasteiger partial charge < -0.3 is 15.2 Å². The summed E-state index contributed by atoms with van der Waals surface area (Å²) in [6.07, 6.45) is 3.46. The van der Waals surface area contributed by atoms with E-state index in [0.29, 0.717) is 19.3 Å². The molecule has 5 heteroatoms. The van der Waals surface area contributed by atoms with Gasteiger partial charge in [-0.1, -0.05) is 0 Å². The molecule has 2 rings (SSSR count). The van der Waals surface area contributed by atoms with Crippen LogP contribution in [-0.2, 0) is 4.74 Å². The van der Waals surface area contributed by atoms with Crippen molar-refractivity contribution < 1.29 is 13.9 Å². The maximum atomic E-state index is 12.8. The third kappa shape index (κ3) is 5.99. The first-order valence-electron chi connectivity index (χ1n) is 7.70. The van der Waals surface area contributed by atoms with E-state index in [1.807, 2.05) is 0 Å². The molecule has 0 unspecified atom stereocenters. The van der Waals surface area contributed by atoms with Gasteiger partial charge in [-0.15, -0.1) is 0 Å². The number of hydrogen-bond donors (Lipinski definition) is 1. The Labute approximate surface area is 126 Å². The molecule has 0 amide bonds. The summed E-state index contributed by atoms with van der Waals surface area (Å²) in [5.41, 5.74) is 5.45. The fourth-order valence-corrected chi connectivity index (χ4v) is 2.46. The smallest absolute Gasteiger partial charge is 0.123 e. The van der Waals surface area contributed by atoms with Crippen molar-refractivity contribution in [2.45, 2.75) is 25.4 Å². The van der Waals surface area contributed by atoms with Gasteiger partial charge in [-0.3, -0.25) is 4.90 Å². The Bertz CT molecular complexity index is 392. The molecule has 0 atom stereocenters. The van der Waals surface area contributed by atoms with E-state index in [9.17, 15) is 4.39 Å². The standard InChI is InChI=1S/C16H25FN2O2/c17-14-2-4-15(5-3-14)21-13-11-19-9-6-16(7-10-19)20-12-1-8-18/h2-5,16H,1,6-13,18H2. The second-order valence-corrected chi connectivity index (χ2v) is 5.36. The number of benzene rings is 1. The quantitative estimate of drug-likeness (QED) is 0.746. The SMILES string of the molecule is NCCCOC1CCN(CCOc2ccc(F)cc2)CC1. The highest BCUT2D eigenvalue weighted by Crippen LogP contribution is 2.14. The van der Waals surface area contributed by atoms with E-state index < -0.39 is 0 Å². The lowest BCUT2D eigenvalue weighted by molar-refractivity contribution is 0.00516. The first-order chi connectivity index (χ1) is 10.3. The van der Waals surface area contributed by atoms with Crippen LogP contribution in [0.2, 0.25) is 0 Å². The zero-order valence-corrected chi connectivity index (χ0v) is 12.5. The van der Waals surface area contributed by atoms with Gasteiger partial charge in [0, 0.05) is 26.2 Å². The van der Waals surface area contributed by atoms with Crippen molar-refractivity contribution in [3.8, 4) is 5.75 Å². The Morgan fingerprint density at radius 2 is 1.86 bits per heavy atom. The van der Waals surface area contributed by atoms with Crippen LogP contribution in [0.4, 0.5) is 4.39 Å². The molecule has 1 aromatic rings. The van der Waals surface area contributed by atoms with E-state index in [2.05, 4.69) is 4.90 Å². The van der Waals surface area contributed by atoms with Gasteiger partial charge in [0.25, 0.3) is 0 Å². The highest BCUT2D eigenvalue weighted by molar-refractivity contribution is 5.21. The van der Waals surface area contributed by atoms with Gasteiger partial charge in [-0.05, 0) is 50.1 Å². The topological polar surface area (TPSA) is 47.7 Å².